The van der Waals surface area contributed by atoms with Crippen LogP contribution >= 0.6 is 11.8 Å². The van der Waals surface area contributed by atoms with Gasteiger partial charge in [-0.25, -0.2) is 9.18 Å². The highest BCUT2D eigenvalue weighted by molar-refractivity contribution is 7.98. The van der Waals surface area contributed by atoms with Gasteiger partial charge in [-0.1, -0.05) is 25.5 Å². The third kappa shape index (κ3) is 5.36. The second kappa shape index (κ2) is 7.93. The number of carboxylic acids is 1. The van der Waals surface area contributed by atoms with Gasteiger partial charge in [-0.15, -0.1) is 0 Å². The summed E-state index contributed by atoms with van der Waals surface area (Å²) in [5, 5.41) is 8.48. The number of rotatable bonds is 7. The molecule has 4 heteroatoms. The molecule has 0 radical (unpaired) electrons. The number of thioether (sulfide) groups is 1. The Bertz CT molecular complexity index is 430. The van der Waals surface area contributed by atoms with Gasteiger partial charge in [0.2, 0.25) is 0 Å². The Kier molecular flexibility index (Phi) is 6.50. The SMILES string of the molecule is CCCCSCc1ccc(C=CC(=O)O)cc1F. The number of carboxylic acid groups (broad SMARTS) is 1. The quantitative estimate of drug-likeness (QED) is 0.601. The fraction of sp³-hybridized carbons (Fsp3) is 0.357. The molecular weight excluding hydrogens is 251 g/mol. The smallest absolute Gasteiger partial charge is 0.328 e. The zero-order valence-electron chi connectivity index (χ0n) is 10.4. The van der Waals surface area contributed by atoms with Gasteiger partial charge in [-0.05, 0) is 35.4 Å². The maximum atomic E-state index is 13.7. The van der Waals surface area contributed by atoms with Gasteiger partial charge in [0.25, 0.3) is 0 Å². The lowest BCUT2D eigenvalue weighted by atomic mass is 10.1. The molecule has 0 bridgehead atoms. The van der Waals surface area contributed by atoms with Gasteiger partial charge in [-0.3, -0.25) is 0 Å². The molecule has 1 aromatic rings. The molecule has 0 heterocycles. The monoisotopic (exact) mass is 268 g/mol. The summed E-state index contributed by atoms with van der Waals surface area (Å²) in [6.45, 7) is 2.13. The zero-order chi connectivity index (χ0) is 13.4. The molecule has 1 N–H and O–H groups in total. The van der Waals surface area contributed by atoms with Crippen LogP contribution in [0.25, 0.3) is 6.08 Å². The molecule has 2 nitrogen and oxygen atoms in total. The van der Waals surface area contributed by atoms with Crippen LogP contribution in [0.3, 0.4) is 0 Å². The van der Waals surface area contributed by atoms with Crippen LogP contribution in [0.4, 0.5) is 4.39 Å². The van der Waals surface area contributed by atoms with Gasteiger partial charge >= 0.3 is 5.97 Å². The van der Waals surface area contributed by atoms with Crippen molar-refractivity contribution in [1.29, 1.82) is 0 Å². The van der Waals surface area contributed by atoms with Crippen LogP contribution in [0, 0.1) is 5.82 Å². The predicted molar refractivity (Wildman–Crippen MR) is 74.1 cm³/mol. The molecule has 0 aliphatic heterocycles. The predicted octanol–water partition coefficient (Wildman–Crippen LogP) is 3.96. The Balaban J connectivity index is 2.59. The van der Waals surface area contributed by atoms with Crippen LogP contribution in [0.1, 0.15) is 30.9 Å². The summed E-state index contributed by atoms with van der Waals surface area (Å²) in [4.78, 5) is 10.3. The van der Waals surface area contributed by atoms with Crippen LogP contribution in [0.5, 0.6) is 0 Å². The van der Waals surface area contributed by atoms with Gasteiger partial charge < -0.3 is 5.11 Å². The summed E-state index contributed by atoms with van der Waals surface area (Å²) in [5.74, 6) is 0.395. The number of unbranched alkanes of at least 4 members (excludes halogenated alkanes) is 1. The second-order valence-electron chi connectivity index (χ2n) is 3.93. The Labute approximate surface area is 111 Å². The van der Waals surface area contributed by atoms with Crippen molar-refractivity contribution >= 4 is 23.8 Å². The normalized spacial score (nSPS) is 11.0. The Morgan fingerprint density at radius 1 is 1.50 bits per heavy atom. The van der Waals surface area contributed by atoms with E-state index >= 15 is 0 Å². The van der Waals surface area contributed by atoms with Crippen molar-refractivity contribution < 1.29 is 14.3 Å². The van der Waals surface area contributed by atoms with E-state index in [1.165, 1.54) is 12.1 Å². The maximum absolute atomic E-state index is 13.7. The molecule has 0 aromatic heterocycles. The fourth-order valence-electron chi connectivity index (χ4n) is 1.38. The number of benzene rings is 1. The standard InChI is InChI=1S/C14H17FO2S/c1-2-3-8-18-10-12-6-4-11(9-13(12)15)5-7-14(16)17/h4-7,9H,2-3,8,10H2,1H3,(H,16,17). The summed E-state index contributed by atoms with van der Waals surface area (Å²) < 4.78 is 13.7. The van der Waals surface area contributed by atoms with E-state index in [4.69, 9.17) is 5.11 Å². The highest BCUT2D eigenvalue weighted by atomic mass is 32.2. The average molecular weight is 268 g/mol. The summed E-state index contributed by atoms with van der Waals surface area (Å²) >= 11 is 1.72. The maximum Gasteiger partial charge on any atom is 0.328 e. The number of halogens is 1. The minimum absolute atomic E-state index is 0.272. The van der Waals surface area contributed by atoms with Crippen LogP contribution in [0.2, 0.25) is 0 Å². The van der Waals surface area contributed by atoms with Crippen molar-refractivity contribution in [1.82, 2.24) is 0 Å². The molecule has 18 heavy (non-hydrogen) atoms. The summed E-state index contributed by atoms with van der Waals surface area (Å²) in [6.07, 6.45) is 4.68. The molecule has 1 aromatic carbocycles. The second-order valence-corrected chi connectivity index (χ2v) is 5.03. The molecule has 98 valence electrons. The number of aliphatic carboxylic acids is 1. The molecule has 0 saturated carbocycles. The van der Waals surface area contributed by atoms with E-state index in [0.717, 1.165) is 24.7 Å². The summed E-state index contributed by atoms with van der Waals surface area (Å²) in [6, 6.07) is 4.82. The number of carbonyl (C=O) groups is 1. The molecular formula is C14H17FO2S. The van der Waals surface area contributed by atoms with Crippen molar-refractivity contribution in [2.75, 3.05) is 5.75 Å². The minimum atomic E-state index is -1.03. The number of hydrogen-bond acceptors (Lipinski definition) is 2. The molecule has 1 rings (SSSR count). The van der Waals surface area contributed by atoms with E-state index in [-0.39, 0.29) is 5.82 Å². The van der Waals surface area contributed by atoms with E-state index in [2.05, 4.69) is 6.92 Å². The van der Waals surface area contributed by atoms with E-state index in [9.17, 15) is 9.18 Å². The lowest BCUT2D eigenvalue weighted by molar-refractivity contribution is -0.131. The van der Waals surface area contributed by atoms with E-state index in [1.54, 1.807) is 23.9 Å². The van der Waals surface area contributed by atoms with Crippen LogP contribution < -0.4 is 0 Å². The first kappa shape index (κ1) is 14.8. The van der Waals surface area contributed by atoms with E-state index in [0.29, 0.717) is 16.9 Å². The van der Waals surface area contributed by atoms with Crippen molar-refractivity contribution in [3.63, 3.8) is 0 Å². The molecule has 0 aliphatic carbocycles. The van der Waals surface area contributed by atoms with Gasteiger partial charge in [0.15, 0.2) is 0 Å². The molecule has 0 saturated heterocycles. The molecule has 0 unspecified atom stereocenters. The van der Waals surface area contributed by atoms with Gasteiger partial charge in [-0.2, -0.15) is 11.8 Å². The topological polar surface area (TPSA) is 37.3 Å². The Morgan fingerprint density at radius 2 is 2.28 bits per heavy atom. The summed E-state index contributed by atoms with van der Waals surface area (Å²) in [7, 11) is 0. The lowest BCUT2D eigenvalue weighted by Crippen LogP contribution is -1.91. The molecule has 0 spiro atoms. The highest BCUT2D eigenvalue weighted by Gasteiger charge is 2.02. The van der Waals surface area contributed by atoms with Crippen molar-refractivity contribution in [3.8, 4) is 0 Å². The van der Waals surface area contributed by atoms with Crippen LogP contribution in [-0.4, -0.2) is 16.8 Å². The van der Waals surface area contributed by atoms with Crippen LogP contribution in [0.15, 0.2) is 24.3 Å². The fourth-order valence-corrected chi connectivity index (χ4v) is 2.47. The third-order valence-electron chi connectivity index (χ3n) is 2.40. The minimum Gasteiger partial charge on any atom is -0.478 e. The summed E-state index contributed by atoms with van der Waals surface area (Å²) in [5.41, 5.74) is 1.24. The van der Waals surface area contributed by atoms with Crippen molar-refractivity contribution in [2.24, 2.45) is 0 Å². The first-order valence-electron chi connectivity index (χ1n) is 5.90. The van der Waals surface area contributed by atoms with Crippen LogP contribution in [-0.2, 0) is 10.5 Å². The molecule has 0 aliphatic rings. The molecule has 0 amide bonds. The lowest BCUT2D eigenvalue weighted by Gasteiger charge is -2.04. The molecule has 0 fully saturated rings. The average Bonchev–Trinajstić information content (AvgIpc) is 2.34. The third-order valence-corrected chi connectivity index (χ3v) is 3.49. The molecule has 0 atom stereocenters. The first-order chi connectivity index (χ1) is 8.63. The van der Waals surface area contributed by atoms with Crippen molar-refractivity contribution in [2.45, 2.75) is 25.5 Å². The zero-order valence-corrected chi connectivity index (χ0v) is 11.2. The largest absolute Gasteiger partial charge is 0.478 e. The number of hydrogen-bond donors (Lipinski definition) is 1. The highest BCUT2D eigenvalue weighted by Crippen LogP contribution is 2.18. The van der Waals surface area contributed by atoms with E-state index in [1.807, 2.05) is 0 Å². The van der Waals surface area contributed by atoms with Gasteiger partial charge in [0.05, 0.1) is 0 Å². The van der Waals surface area contributed by atoms with Gasteiger partial charge in [0, 0.05) is 11.8 Å². The van der Waals surface area contributed by atoms with E-state index < -0.39 is 5.97 Å². The Hall–Kier alpha value is -1.29. The van der Waals surface area contributed by atoms with Gasteiger partial charge in [0.1, 0.15) is 5.82 Å². The first-order valence-corrected chi connectivity index (χ1v) is 7.06. The Morgan fingerprint density at radius 3 is 2.89 bits per heavy atom. The van der Waals surface area contributed by atoms with Crippen molar-refractivity contribution in [3.05, 3.63) is 41.2 Å².